The summed E-state index contributed by atoms with van der Waals surface area (Å²) < 4.78 is 5.09. The van der Waals surface area contributed by atoms with Crippen molar-refractivity contribution in [2.24, 2.45) is 0 Å². The molecule has 0 unspecified atom stereocenters. The maximum atomic E-state index is 12.1. The summed E-state index contributed by atoms with van der Waals surface area (Å²) >= 11 is 7.23. The van der Waals surface area contributed by atoms with Crippen molar-refractivity contribution < 1.29 is 14.6 Å². The van der Waals surface area contributed by atoms with Crippen LogP contribution in [0.3, 0.4) is 0 Å². The van der Waals surface area contributed by atoms with E-state index in [1.807, 2.05) is 13.8 Å². The minimum atomic E-state index is -0.400. The van der Waals surface area contributed by atoms with Crippen LogP contribution in [0.4, 0.5) is 11.5 Å². The van der Waals surface area contributed by atoms with Gasteiger partial charge < -0.3 is 15.2 Å². The van der Waals surface area contributed by atoms with E-state index in [0.717, 1.165) is 5.56 Å². The highest BCUT2D eigenvalue weighted by Gasteiger charge is 2.21. The Kier molecular flexibility index (Phi) is 4.78. The smallest absolute Gasteiger partial charge is 0.348 e. The maximum absolute atomic E-state index is 12.1. The molecule has 0 aliphatic carbocycles. The number of carbonyl (C=O) groups is 1. The largest absolute Gasteiger partial charge is 0.506 e. The SMILES string of the molecule is CCOC(=O)c1sc2nc(Cl)nc(Nc3cc(C)ccc3O)c2c1C. The van der Waals surface area contributed by atoms with Gasteiger partial charge >= 0.3 is 5.97 Å². The van der Waals surface area contributed by atoms with Crippen molar-refractivity contribution in [1.82, 2.24) is 9.97 Å². The fourth-order valence-electron chi connectivity index (χ4n) is 2.47. The lowest BCUT2D eigenvalue weighted by atomic mass is 10.2. The summed E-state index contributed by atoms with van der Waals surface area (Å²) in [7, 11) is 0. The van der Waals surface area contributed by atoms with Gasteiger partial charge in [-0.15, -0.1) is 11.3 Å². The first-order chi connectivity index (χ1) is 11.9. The van der Waals surface area contributed by atoms with E-state index in [9.17, 15) is 9.90 Å². The molecule has 3 rings (SSSR count). The van der Waals surface area contributed by atoms with E-state index >= 15 is 0 Å². The highest BCUT2D eigenvalue weighted by atomic mass is 35.5. The Bertz CT molecular complexity index is 971. The lowest BCUT2D eigenvalue weighted by molar-refractivity contribution is 0.0531. The molecule has 3 aromatic rings. The third kappa shape index (κ3) is 3.38. The van der Waals surface area contributed by atoms with E-state index in [-0.39, 0.29) is 11.0 Å². The summed E-state index contributed by atoms with van der Waals surface area (Å²) in [5.74, 6) is 0.121. The number of aryl methyl sites for hydroxylation is 2. The number of aromatic nitrogens is 2. The number of anilines is 2. The second kappa shape index (κ2) is 6.85. The quantitative estimate of drug-likeness (QED) is 0.393. The number of halogens is 1. The summed E-state index contributed by atoms with van der Waals surface area (Å²) in [5, 5.41) is 13.9. The third-order valence-corrected chi connectivity index (χ3v) is 4.96. The Morgan fingerprint density at radius 2 is 2.12 bits per heavy atom. The fraction of sp³-hybridized carbons (Fsp3) is 0.235. The first-order valence-electron chi connectivity index (χ1n) is 7.61. The molecule has 2 N–H and O–H groups in total. The van der Waals surface area contributed by atoms with Crippen molar-refractivity contribution in [3.63, 3.8) is 0 Å². The number of hydrogen-bond acceptors (Lipinski definition) is 7. The van der Waals surface area contributed by atoms with Crippen LogP contribution in [0.25, 0.3) is 10.2 Å². The van der Waals surface area contributed by atoms with Crippen molar-refractivity contribution in [3.8, 4) is 5.75 Å². The van der Waals surface area contributed by atoms with E-state index in [1.54, 1.807) is 25.1 Å². The van der Waals surface area contributed by atoms with Crippen LogP contribution in [-0.2, 0) is 4.74 Å². The van der Waals surface area contributed by atoms with Crippen LogP contribution in [0.1, 0.15) is 27.7 Å². The van der Waals surface area contributed by atoms with Crippen molar-refractivity contribution in [2.75, 3.05) is 11.9 Å². The first kappa shape index (κ1) is 17.4. The van der Waals surface area contributed by atoms with Crippen molar-refractivity contribution in [2.45, 2.75) is 20.8 Å². The van der Waals surface area contributed by atoms with Crippen molar-refractivity contribution in [3.05, 3.63) is 39.5 Å². The van der Waals surface area contributed by atoms with E-state index in [2.05, 4.69) is 15.3 Å². The molecule has 0 saturated heterocycles. The minimum absolute atomic E-state index is 0.0544. The topological polar surface area (TPSA) is 84.3 Å². The number of nitrogens with one attached hydrogen (secondary N) is 1. The molecular formula is C17H16ClN3O3S. The Hall–Kier alpha value is -2.38. The van der Waals surface area contributed by atoms with Gasteiger partial charge in [-0.3, -0.25) is 0 Å². The molecule has 0 atom stereocenters. The van der Waals surface area contributed by atoms with Crippen molar-refractivity contribution >= 4 is 50.6 Å². The Morgan fingerprint density at radius 1 is 1.36 bits per heavy atom. The number of aromatic hydroxyl groups is 1. The second-order valence-corrected chi connectivity index (χ2v) is 6.78. The van der Waals surface area contributed by atoms with Crippen LogP contribution in [0.15, 0.2) is 18.2 Å². The van der Waals surface area contributed by atoms with Gasteiger partial charge in [0.25, 0.3) is 0 Å². The highest BCUT2D eigenvalue weighted by molar-refractivity contribution is 7.20. The number of benzene rings is 1. The van der Waals surface area contributed by atoms with Gasteiger partial charge in [0, 0.05) is 0 Å². The molecule has 25 heavy (non-hydrogen) atoms. The summed E-state index contributed by atoms with van der Waals surface area (Å²) in [6.07, 6.45) is 0. The van der Waals surface area contributed by atoms with E-state index in [4.69, 9.17) is 16.3 Å². The van der Waals surface area contributed by atoms with Crippen LogP contribution < -0.4 is 5.32 Å². The van der Waals surface area contributed by atoms with Crippen LogP contribution in [0, 0.1) is 13.8 Å². The van der Waals surface area contributed by atoms with Crippen LogP contribution in [0.5, 0.6) is 5.75 Å². The number of phenols is 1. The van der Waals surface area contributed by atoms with E-state index in [1.165, 1.54) is 11.3 Å². The lowest BCUT2D eigenvalue weighted by Crippen LogP contribution is -2.03. The van der Waals surface area contributed by atoms with Crippen LogP contribution >= 0.6 is 22.9 Å². The molecule has 0 aliphatic rings. The molecule has 1 aromatic carbocycles. The molecule has 6 nitrogen and oxygen atoms in total. The first-order valence-corrected chi connectivity index (χ1v) is 8.80. The van der Waals surface area contributed by atoms with Gasteiger partial charge in [-0.05, 0) is 55.6 Å². The fourth-order valence-corrected chi connectivity index (χ4v) is 3.77. The number of ether oxygens (including phenoxy) is 1. The molecule has 0 aliphatic heterocycles. The molecule has 0 bridgehead atoms. The minimum Gasteiger partial charge on any atom is -0.506 e. The van der Waals surface area contributed by atoms with E-state index < -0.39 is 5.97 Å². The van der Waals surface area contributed by atoms with Gasteiger partial charge in [0.1, 0.15) is 21.3 Å². The molecule has 130 valence electrons. The van der Waals surface area contributed by atoms with Gasteiger partial charge in [-0.25, -0.2) is 9.78 Å². The second-order valence-electron chi connectivity index (χ2n) is 5.44. The standard InChI is InChI=1S/C17H16ClN3O3S/c1-4-24-16(23)13-9(3)12-14(20-17(18)21-15(12)25-13)19-10-7-8(2)5-6-11(10)22/h5-7,22H,4H2,1-3H3,(H,19,20,21). The predicted octanol–water partition coefficient (Wildman–Crippen LogP) is 4.59. The number of hydrogen-bond donors (Lipinski definition) is 2. The number of esters is 1. The normalized spacial score (nSPS) is 10.9. The zero-order chi connectivity index (χ0) is 18.1. The lowest BCUT2D eigenvalue weighted by Gasteiger charge is -2.10. The summed E-state index contributed by atoms with van der Waals surface area (Å²) in [5.41, 5.74) is 2.19. The average Bonchev–Trinajstić information content (AvgIpc) is 2.88. The average molecular weight is 378 g/mol. The number of thiophene rings is 1. The summed E-state index contributed by atoms with van der Waals surface area (Å²) in [6, 6.07) is 5.20. The Balaban J connectivity index is 2.14. The number of nitrogens with zero attached hydrogens (tertiary/aromatic N) is 2. The van der Waals surface area contributed by atoms with Gasteiger partial charge in [0.05, 0.1) is 17.7 Å². The van der Waals surface area contributed by atoms with Crippen LogP contribution in [0.2, 0.25) is 5.28 Å². The highest BCUT2D eigenvalue weighted by Crippen LogP contribution is 2.37. The zero-order valence-corrected chi connectivity index (χ0v) is 15.5. The third-order valence-electron chi connectivity index (χ3n) is 3.63. The number of rotatable bonds is 4. The molecule has 0 radical (unpaired) electrons. The number of phenolic OH excluding ortho intramolecular Hbond substituents is 1. The predicted molar refractivity (Wildman–Crippen MR) is 99.2 cm³/mol. The van der Waals surface area contributed by atoms with Gasteiger partial charge in [0.2, 0.25) is 5.28 Å². The van der Waals surface area contributed by atoms with E-state index in [0.29, 0.717) is 38.8 Å². The zero-order valence-electron chi connectivity index (χ0n) is 13.9. The Morgan fingerprint density at radius 3 is 2.84 bits per heavy atom. The van der Waals surface area contributed by atoms with Crippen LogP contribution in [-0.4, -0.2) is 27.7 Å². The molecule has 2 aromatic heterocycles. The Labute approximate surface area is 153 Å². The van der Waals surface area contributed by atoms with Gasteiger partial charge in [0.15, 0.2) is 0 Å². The van der Waals surface area contributed by atoms with Gasteiger partial charge in [-0.1, -0.05) is 6.07 Å². The molecule has 0 fully saturated rings. The molecule has 8 heteroatoms. The molecule has 2 heterocycles. The summed E-state index contributed by atoms with van der Waals surface area (Å²) in [6.45, 7) is 5.78. The molecule has 0 spiro atoms. The molecule has 0 amide bonds. The number of carbonyl (C=O) groups excluding carboxylic acids is 1. The monoisotopic (exact) mass is 377 g/mol. The van der Waals surface area contributed by atoms with Crippen molar-refractivity contribution in [1.29, 1.82) is 0 Å². The maximum Gasteiger partial charge on any atom is 0.348 e. The van der Waals surface area contributed by atoms with Gasteiger partial charge in [-0.2, -0.15) is 4.98 Å². The molecule has 0 saturated carbocycles. The number of fused-ring (bicyclic) bond motifs is 1. The molecular weight excluding hydrogens is 362 g/mol. The summed E-state index contributed by atoms with van der Waals surface area (Å²) in [4.78, 5) is 21.6.